The number of aryl methyl sites for hydroxylation is 1. The average Bonchev–Trinajstić information content (AvgIpc) is 3.25. The van der Waals surface area contributed by atoms with Crippen LogP contribution >= 0.6 is 0 Å². The van der Waals surface area contributed by atoms with Crippen LogP contribution < -0.4 is 10.1 Å². The Balaban J connectivity index is 1.49. The number of carbonyl (C=O) groups excluding carboxylic acids is 1. The van der Waals surface area contributed by atoms with E-state index in [9.17, 15) is 4.79 Å². The van der Waals surface area contributed by atoms with Gasteiger partial charge in [-0.2, -0.15) is 0 Å². The molecule has 1 aliphatic carbocycles. The summed E-state index contributed by atoms with van der Waals surface area (Å²) in [6.07, 6.45) is 2.28. The first-order valence-corrected chi connectivity index (χ1v) is 10.4. The molecule has 0 fully saturated rings. The zero-order chi connectivity index (χ0) is 21.6. The Morgan fingerprint density at radius 3 is 2.55 bits per heavy atom. The van der Waals surface area contributed by atoms with E-state index >= 15 is 0 Å². The molecule has 31 heavy (non-hydrogen) atoms. The Kier molecular flexibility index (Phi) is 6.32. The zero-order valence-electron chi connectivity index (χ0n) is 17.8. The van der Waals surface area contributed by atoms with Gasteiger partial charge in [0.1, 0.15) is 19.5 Å². The third-order valence-corrected chi connectivity index (χ3v) is 5.71. The molecular weight excluding hydrogens is 388 g/mol. The molecule has 1 aliphatic rings. The van der Waals surface area contributed by atoms with Crippen molar-refractivity contribution in [1.29, 1.82) is 0 Å². The van der Waals surface area contributed by atoms with Crippen molar-refractivity contribution in [3.05, 3.63) is 101 Å². The Hall–Kier alpha value is -3.60. The van der Waals surface area contributed by atoms with Crippen LogP contribution in [0.15, 0.2) is 78.0 Å². The van der Waals surface area contributed by atoms with E-state index in [-0.39, 0.29) is 11.6 Å². The van der Waals surface area contributed by atoms with E-state index in [0.717, 1.165) is 24.2 Å². The van der Waals surface area contributed by atoms with Crippen molar-refractivity contribution >= 4 is 11.6 Å². The Labute approximate surface area is 182 Å². The van der Waals surface area contributed by atoms with Crippen molar-refractivity contribution in [1.82, 2.24) is 5.32 Å². The van der Waals surface area contributed by atoms with Crippen molar-refractivity contribution in [2.24, 2.45) is 5.16 Å². The molecule has 0 saturated carbocycles. The number of amides is 1. The zero-order valence-corrected chi connectivity index (χ0v) is 17.8. The number of oxime groups is 1. The SMILES string of the molecule is CNC(=O)C(=NOC)c1ccccc1COc1ccc(C2CCc3ccccc32)cc1. The summed E-state index contributed by atoms with van der Waals surface area (Å²) in [6.45, 7) is 0.321. The summed E-state index contributed by atoms with van der Waals surface area (Å²) in [4.78, 5) is 17.1. The molecule has 0 saturated heterocycles. The maximum absolute atomic E-state index is 12.2. The summed E-state index contributed by atoms with van der Waals surface area (Å²) in [5, 5.41) is 6.50. The van der Waals surface area contributed by atoms with Crippen LogP contribution in [-0.2, 0) is 22.7 Å². The molecule has 4 rings (SSSR count). The fourth-order valence-electron chi connectivity index (χ4n) is 4.16. The lowest BCUT2D eigenvalue weighted by atomic mass is 9.93. The number of nitrogens with one attached hydrogen (secondary N) is 1. The molecule has 0 bridgehead atoms. The second kappa shape index (κ2) is 9.47. The number of benzene rings is 3. The highest BCUT2D eigenvalue weighted by Gasteiger charge is 2.23. The maximum Gasteiger partial charge on any atom is 0.273 e. The van der Waals surface area contributed by atoms with E-state index in [1.54, 1.807) is 7.05 Å². The van der Waals surface area contributed by atoms with Gasteiger partial charge in [0.15, 0.2) is 5.71 Å². The van der Waals surface area contributed by atoms with Gasteiger partial charge in [0, 0.05) is 18.5 Å². The van der Waals surface area contributed by atoms with Gasteiger partial charge in [-0.3, -0.25) is 4.79 Å². The van der Waals surface area contributed by atoms with Gasteiger partial charge >= 0.3 is 0 Å². The van der Waals surface area contributed by atoms with Crippen molar-refractivity contribution in [3.8, 4) is 5.75 Å². The van der Waals surface area contributed by atoms with Gasteiger partial charge in [-0.25, -0.2) is 0 Å². The smallest absolute Gasteiger partial charge is 0.273 e. The molecule has 158 valence electrons. The molecule has 0 aromatic heterocycles. The van der Waals surface area contributed by atoms with E-state index < -0.39 is 0 Å². The Morgan fingerprint density at radius 1 is 1.03 bits per heavy atom. The number of nitrogens with zero attached hydrogens (tertiary/aromatic N) is 1. The first-order chi connectivity index (χ1) is 15.2. The molecule has 1 atom stereocenters. The predicted octanol–water partition coefficient (Wildman–Crippen LogP) is 4.44. The lowest BCUT2D eigenvalue weighted by Crippen LogP contribution is -2.29. The normalized spacial score (nSPS) is 15.3. The number of hydrogen-bond donors (Lipinski definition) is 1. The minimum absolute atomic E-state index is 0.222. The van der Waals surface area contributed by atoms with Crippen LogP contribution in [0.25, 0.3) is 0 Å². The highest BCUT2D eigenvalue weighted by molar-refractivity contribution is 6.45. The van der Waals surface area contributed by atoms with Crippen LogP contribution in [0.5, 0.6) is 5.75 Å². The molecule has 3 aromatic rings. The van der Waals surface area contributed by atoms with Crippen molar-refractivity contribution in [2.45, 2.75) is 25.4 Å². The summed E-state index contributed by atoms with van der Waals surface area (Å²) in [5.74, 6) is 0.928. The summed E-state index contributed by atoms with van der Waals surface area (Å²) < 4.78 is 6.03. The monoisotopic (exact) mass is 414 g/mol. The van der Waals surface area contributed by atoms with E-state index in [1.165, 1.54) is 23.8 Å². The van der Waals surface area contributed by atoms with Crippen LogP contribution in [0.3, 0.4) is 0 Å². The lowest BCUT2D eigenvalue weighted by Gasteiger charge is -2.14. The summed E-state index contributed by atoms with van der Waals surface area (Å²) in [7, 11) is 2.99. The molecule has 5 heteroatoms. The topological polar surface area (TPSA) is 59.9 Å². The first-order valence-electron chi connectivity index (χ1n) is 10.4. The minimum atomic E-state index is -0.310. The third-order valence-electron chi connectivity index (χ3n) is 5.71. The van der Waals surface area contributed by atoms with Crippen LogP contribution in [-0.4, -0.2) is 25.8 Å². The molecule has 0 heterocycles. The number of likely N-dealkylation sites (N-methyl/N-ethyl adjacent to an activating group) is 1. The molecule has 1 amide bonds. The van der Waals surface area contributed by atoms with E-state index in [4.69, 9.17) is 9.57 Å². The molecule has 1 N–H and O–H groups in total. The average molecular weight is 415 g/mol. The van der Waals surface area contributed by atoms with E-state index in [2.05, 4.69) is 46.9 Å². The molecular formula is C26H26N2O3. The lowest BCUT2D eigenvalue weighted by molar-refractivity contribution is -0.114. The molecule has 0 spiro atoms. The second-order valence-electron chi connectivity index (χ2n) is 7.51. The molecule has 0 aliphatic heterocycles. The van der Waals surface area contributed by atoms with Gasteiger partial charge in [0.25, 0.3) is 5.91 Å². The second-order valence-corrected chi connectivity index (χ2v) is 7.51. The van der Waals surface area contributed by atoms with E-state index in [0.29, 0.717) is 18.1 Å². The summed E-state index contributed by atoms with van der Waals surface area (Å²) in [6, 6.07) is 24.6. The number of rotatable bonds is 7. The number of fused-ring (bicyclic) bond motifs is 1. The quantitative estimate of drug-likeness (QED) is 0.459. The van der Waals surface area contributed by atoms with Crippen LogP contribution in [0, 0.1) is 0 Å². The van der Waals surface area contributed by atoms with Crippen LogP contribution in [0.4, 0.5) is 0 Å². The largest absolute Gasteiger partial charge is 0.489 e. The molecule has 1 unspecified atom stereocenters. The predicted molar refractivity (Wildman–Crippen MR) is 121 cm³/mol. The number of hydrogen-bond acceptors (Lipinski definition) is 4. The van der Waals surface area contributed by atoms with Crippen LogP contribution in [0.2, 0.25) is 0 Å². The fraction of sp³-hybridized carbons (Fsp3) is 0.231. The first kappa shape index (κ1) is 20.7. The van der Waals surface area contributed by atoms with Crippen molar-refractivity contribution in [2.75, 3.05) is 14.2 Å². The summed E-state index contributed by atoms with van der Waals surface area (Å²) in [5.41, 5.74) is 5.96. The third kappa shape index (κ3) is 4.45. The van der Waals surface area contributed by atoms with Gasteiger partial charge in [0.05, 0.1) is 0 Å². The van der Waals surface area contributed by atoms with Crippen molar-refractivity contribution in [3.63, 3.8) is 0 Å². The van der Waals surface area contributed by atoms with Gasteiger partial charge in [0.2, 0.25) is 0 Å². The highest BCUT2D eigenvalue weighted by Crippen LogP contribution is 2.38. The standard InChI is InChI=1S/C26H26N2O3/c1-27-26(29)25(28-30-2)24-10-6-4-8-20(24)17-31-21-14-11-19(12-15-21)23-16-13-18-7-3-5-9-22(18)23/h3-12,14-15,23H,13,16-17H2,1-2H3,(H,27,29). The van der Waals surface area contributed by atoms with Gasteiger partial charge < -0.3 is 14.9 Å². The molecule has 0 radical (unpaired) electrons. The van der Waals surface area contributed by atoms with Crippen LogP contribution in [0.1, 0.15) is 40.2 Å². The minimum Gasteiger partial charge on any atom is -0.489 e. The molecule has 3 aromatic carbocycles. The van der Waals surface area contributed by atoms with Gasteiger partial charge in [-0.15, -0.1) is 0 Å². The maximum atomic E-state index is 12.2. The summed E-state index contributed by atoms with van der Waals surface area (Å²) >= 11 is 0. The fourth-order valence-corrected chi connectivity index (χ4v) is 4.16. The van der Waals surface area contributed by atoms with Crippen molar-refractivity contribution < 1.29 is 14.4 Å². The van der Waals surface area contributed by atoms with Gasteiger partial charge in [-0.1, -0.05) is 65.8 Å². The Morgan fingerprint density at radius 2 is 1.77 bits per heavy atom. The Bertz CT molecular complexity index is 1090. The highest BCUT2D eigenvalue weighted by atomic mass is 16.6. The number of carbonyl (C=O) groups is 1. The van der Waals surface area contributed by atoms with Gasteiger partial charge in [-0.05, 0) is 47.2 Å². The number of ether oxygens (including phenoxy) is 1. The van der Waals surface area contributed by atoms with E-state index in [1.807, 2.05) is 36.4 Å². The molecule has 5 nitrogen and oxygen atoms in total.